The summed E-state index contributed by atoms with van der Waals surface area (Å²) in [5, 5.41) is 0. The summed E-state index contributed by atoms with van der Waals surface area (Å²) in [4.78, 5) is 26.9. The SMILES string of the molecule is CC1CCCC(C)N1CCN1CC(=O)CC1=O. The third-order valence-corrected chi connectivity index (χ3v) is 4.07. The van der Waals surface area contributed by atoms with Crippen molar-refractivity contribution >= 4 is 11.7 Å². The number of Topliss-reactive ketones (excluding diaryl/α,β-unsaturated/α-hetero) is 1. The van der Waals surface area contributed by atoms with E-state index in [1.165, 1.54) is 19.3 Å². The van der Waals surface area contributed by atoms with Gasteiger partial charge in [-0.25, -0.2) is 0 Å². The second-order valence-electron chi connectivity index (χ2n) is 5.40. The van der Waals surface area contributed by atoms with E-state index in [0.717, 1.165) is 6.54 Å². The second-order valence-corrected chi connectivity index (χ2v) is 5.40. The summed E-state index contributed by atoms with van der Waals surface area (Å²) >= 11 is 0. The number of hydrogen-bond donors (Lipinski definition) is 0. The van der Waals surface area contributed by atoms with Crippen LogP contribution in [0.25, 0.3) is 0 Å². The van der Waals surface area contributed by atoms with Gasteiger partial charge in [0.2, 0.25) is 5.91 Å². The lowest BCUT2D eigenvalue weighted by Crippen LogP contribution is -2.47. The van der Waals surface area contributed by atoms with Crippen LogP contribution in [0, 0.1) is 0 Å². The van der Waals surface area contributed by atoms with Gasteiger partial charge >= 0.3 is 0 Å². The number of ketones is 1. The minimum Gasteiger partial charge on any atom is -0.334 e. The highest BCUT2D eigenvalue weighted by molar-refractivity contribution is 6.05. The Morgan fingerprint density at radius 1 is 1.12 bits per heavy atom. The van der Waals surface area contributed by atoms with Gasteiger partial charge in [0.25, 0.3) is 0 Å². The Kier molecular flexibility index (Phi) is 3.82. The topological polar surface area (TPSA) is 40.6 Å². The van der Waals surface area contributed by atoms with Gasteiger partial charge in [0.1, 0.15) is 0 Å². The van der Waals surface area contributed by atoms with Crippen LogP contribution in [-0.4, -0.2) is 53.2 Å². The molecule has 0 aromatic rings. The van der Waals surface area contributed by atoms with Crippen molar-refractivity contribution in [1.82, 2.24) is 9.80 Å². The van der Waals surface area contributed by atoms with E-state index in [4.69, 9.17) is 0 Å². The van der Waals surface area contributed by atoms with Crippen LogP contribution in [0.2, 0.25) is 0 Å². The molecule has 0 aromatic heterocycles. The average molecular weight is 238 g/mol. The standard InChI is InChI=1S/C13H22N2O2/c1-10-4-3-5-11(2)15(10)7-6-14-9-12(16)8-13(14)17/h10-11H,3-9H2,1-2H3. The van der Waals surface area contributed by atoms with Crippen LogP contribution in [-0.2, 0) is 9.59 Å². The number of rotatable bonds is 3. The van der Waals surface area contributed by atoms with Gasteiger partial charge < -0.3 is 4.90 Å². The molecule has 2 heterocycles. The van der Waals surface area contributed by atoms with E-state index < -0.39 is 0 Å². The fraction of sp³-hybridized carbons (Fsp3) is 0.846. The Morgan fingerprint density at radius 3 is 2.29 bits per heavy atom. The maximum absolute atomic E-state index is 11.5. The van der Waals surface area contributed by atoms with Gasteiger partial charge in [0, 0.05) is 25.2 Å². The Bertz CT molecular complexity index is 307. The van der Waals surface area contributed by atoms with Crippen molar-refractivity contribution in [3.8, 4) is 0 Å². The highest BCUT2D eigenvalue weighted by atomic mass is 16.2. The van der Waals surface area contributed by atoms with E-state index in [-0.39, 0.29) is 18.1 Å². The quantitative estimate of drug-likeness (QED) is 0.690. The molecule has 4 nitrogen and oxygen atoms in total. The normalized spacial score (nSPS) is 31.3. The van der Waals surface area contributed by atoms with Crippen molar-refractivity contribution in [3.05, 3.63) is 0 Å². The Hall–Kier alpha value is -0.900. The third kappa shape index (κ3) is 2.86. The molecule has 0 spiro atoms. The molecule has 2 aliphatic rings. The number of carbonyl (C=O) groups excluding carboxylic acids is 2. The molecule has 2 rings (SSSR count). The first kappa shape index (κ1) is 12.6. The minimum absolute atomic E-state index is 0.00677. The fourth-order valence-electron chi connectivity index (χ4n) is 2.99. The maximum atomic E-state index is 11.5. The van der Waals surface area contributed by atoms with Gasteiger partial charge in [-0.2, -0.15) is 0 Å². The minimum atomic E-state index is 0.00677. The van der Waals surface area contributed by atoms with E-state index in [2.05, 4.69) is 18.7 Å². The van der Waals surface area contributed by atoms with Crippen LogP contribution in [0.4, 0.5) is 0 Å². The smallest absolute Gasteiger partial charge is 0.230 e. The molecule has 2 aliphatic heterocycles. The molecule has 1 amide bonds. The predicted molar refractivity (Wildman–Crippen MR) is 65.7 cm³/mol. The van der Waals surface area contributed by atoms with Crippen LogP contribution in [0.15, 0.2) is 0 Å². The molecule has 2 atom stereocenters. The first-order chi connectivity index (χ1) is 8.08. The molecular formula is C13H22N2O2. The van der Waals surface area contributed by atoms with E-state index in [0.29, 0.717) is 25.2 Å². The molecular weight excluding hydrogens is 216 g/mol. The number of piperidine rings is 1. The van der Waals surface area contributed by atoms with Gasteiger partial charge in [0.15, 0.2) is 5.78 Å². The van der Waals surface area contributed by atoms with Crippen molar-refractivity contribution in [1.29, 1.82) is 0 Å². The van der Waals surface area contributed by atoms with Crippen molar-refractivity contribution in [2.75, 3.05) is 19.6 Å². The van der Waals surface area contributed by atoms with Gasteiger partial charge in [-0.15, -0.1) is 0 Å². The van der Waals surface area contributed by atoms with Crippen LogP contribution >= 0.6 is 0 Å². The van der Waals surface area contributed by atoms with Gasteiger partial charge in [-0.1, -0.05) is 6.42 Å². The van der Waals surface area contributed by atoms with Crippen LogP contribution in [0.3, 0.4) is 0 Å². The lowest BCUT2D eigenvalue weighted by atomic mass is 9.98. The van der Waals surface area contributed by atoms with Gasteiger partial charge in [-0.05, 0) is 26.7 Å². The Morgan fingerprint density at radius 2 is 1.76 bits per heavy atom. The molecule has 0 aliphatic carbocycles. The third-order valence-electron chi connectivity index (χ3n) is 4.07. The lowest BCUT2D eigenvalue weighted by molar-refractivity contribution is -0.128. The monoisotopic (exact) mass is 238 g/mol. The Balaban J connectivity index is 1.84. The first-order valence-corrected chi connectivity index (χ1v) is 6.63. The van der Waals surface area contributed by atoms with Crippen molar-refractivity contribution < 1.29 is 9.59 Å². The van der Waals surface area contributed by atoms with E-state index in [9.17, 15) is 9.59 Å². The number of carbonyl (C=O) groups is 2. The van der Waals surface area contributed by atoms with Gasteiger partial charge in [0.05, 0.1) is 13.0 Å². The Labute approximate surface area is 103 Å². The summed E-state index contributed by atoms with van der Waals surface area (Å²) in [6.45, 7) is 6.45. The molecule has 0 saturated carbocycles. The first-order valence-electron chi connectivity index (χ1n) is 6.63. The van der Waals surface area contributed by atoms with Crippen molar-refractivity contribution in [3.63, 3.8) is 0 Å². The van der Waals surface area contributed by atoms with E-state index in [1.54, 1.807) is 4.90 Å². The molecule has 2 fully saturated rings. The summed E-state index contributed by atoms with van der Waals surface area (Å²) in [5.41, 5.74) is 0. The molecule has 2 saturated heterocycles. The molecule has 0 radical (unpaired) electrons. The summed E-state index contributed by atoms with van der Waals surface area (Å²) in [6.07, 6.45) is 3.92. The molecule has 0 aromatic carbocycles. The molecule has 2 unspecified atom stereocenters. The second kappa shape index (κ2) is 5.17. The molecule has 96 valence electrons. The van der Waals surface area contributed by atoms with Crippen LogP contribution < -0.4 is 0 Å². The molecule has 0 bridgehead atoms. The van der Waals surface area contributed by atoms with E-state index >= 15 is 0 Å². The highest BCUT2D eigenvalue weighted by Crippen LogP contribution is 2.22. The zero-order chi connectivity index (χ0) is 12.4. The number of nitrogens with zero attached hydrogens (tertiary/aromatic N) is 2. The zero-order valence-electron chi connectivity index (χ0n) is 10.8. The summed E-state index contributed by atoms with van der Waals surface area (Å²) in [7, 11) is 0. The largest absolute Gasteiger partial charge is 0.334 e. The maximum Gasteiger partial charge on any atom is 0.230 e. The number of hydrogen-bond acceptors (Lipinski definition) is 3. The highest BCUT2D eigenvalue weighted by Gasteiger charge is 2.29. The fourth-order valence-corrected chi connectivity index (χ4v) is 2.99. The zero-order valence-corrected chi connectivity index (χ0v) is 10.8. The predicted octanol–water partition coefficient (Wildman–Crippen LogP) is 1.05. The molecule has 0 N–H and O–H groups in total. The van der Waals surface area contributed by atoms with Crippen molar-refractivity contribution in [2.45, 2.75) is 51.6 Å². The molecule has 17 heavy (non-hydrogen) atoms. The van der Waals surface area contributed by atoms with E-state index in [1.807, 2.05) is 0 Å². The lowest BCUT2D eigenvalue weighted by Gasteiger charge is -2.39. The van der Waals surface area contributed by atoms with Gasteiger partial charge in [-0.3, -0.25) is 14.5 Å². The number of amides is 1. The van der Waals surface area contributed by atoms with Crippen molar-refractivity contribution in [2.24, 2.45) is 0 Å². The summed E-state index contributed by atoms with van der Waals surface area (Å²) in [5.74, 6) is 0.0713. The van der Waals surface area contributed by atoms with Crippen LogP contribution in [0.5, 0.6) is 0 Å². The number of likely N-dealkylation sites (tertiary alicyclic amines) is 2. The average Bonchev–Trinajstić information content (AvgIpc) is 2.57. The molecule has 4 heteroatoms. The summed E-state index contributed by atoms with van der Waals surface area (Å²) in [6, 6.07) is 1.21. The summed E-state index contributed by atoms with van der Waals surface area (Å²) < 4.78 is 0. The van der Waals surface area contributed by atoms with Crippen LogP contribution in [0.1, 0.15) is 39.5 Å².